The molecule has 1 N–H and O–H groups in total. The highest BCUT2D eigenvalue weighted by atomic mass is 15.3. The van der Waals surface area contributed by atoms with Crippen molar-refractivity contribution in [2.24, 2.45) is 4.99 Å². The van der Waals surface area contributed by atoms with Crippen molar-refractivity contribution in [3.8, 4) is 0 Å². The van der Waals surface area contributed by atoms with E-state index in [-0.39, 0.29) is 0 Å². The van der Waals surface area contributed by atoms with Gasteiger partial charge in [0.15, 0.2) is 11.5 Å². The fourth-order valence-electron chi connectivity index (χ4n) is 4.64. The zero-order valence-electron chi connectivity index (χ0n) is 22.0. The Kier molecular flexibility index (Phi) is 7.52. The molecule has 5 rings (SSSR count). The Hall–Kier alpha value is -3.94. The van der Waals surface area contributed by atoms with Crippen molar-refractivity contribution in [2.75, 3.05) is 13.1 Å². The highest BCUT2D eigenvalue weighted by Crippen LogP contribution is 2.31. The molecule has 8 nitrogen and oxygen atoms in total. The van der Waals surface area contributed by atoms with Crippen molar-refractivity contribution in [1.82, 2.24) is 34.0 Å². The van der Waals surface area contributed by atoms with Crippen molar-refractivity contribution < 1.29 is 0 Å². The smallest absolute Gasteiger partial charge is 0.165 e. The third kappa shape index (κ3) is 4.76. The molecule has 0 spiro atoms. The van der Waals surface area contributed by atoms with E-state index < -0.39 is 0 Å². The highest BCUT2D eigenvalue weighted by molar-refractivity contribution is 6.12. The third-order valence-electron chi connectivity index (χ3n) is 6.59. The SMILES string of the molecule is C=C(C=N/C(=C\C)c1ncc[nH]1)c1cnn2cc3c(C)cn(C4CCN(C(=C)C)CC4)c3nc12.CC. The molecule has 4 aromatic heterocycles. The average Bonchev–Trinajstić information content (AvgIpc) is 3.64. The van der Waals surface area contributed by atoms with E-state index in [2.05, 4.69) is 68.9 Å². The molecule has 8 heteroatoms. The second-order valence-corrected chi connectivity index (χ2v) is 8.87. The highest BCUT2D eigenvalue weighted by Gasteiger charge is 2.23. The van der Waals surface area contributed by atoms with Gasteiger partial charge in [-0.3, -0.25) is 4.99 Å². The molecule has 1 saturated heterocycles. The topological polar surface area (TPSA) is 79.4 Å². The van der Waals surface area contributed by atoms with E-state index in [9.17, 15) is 0 Å². The minimum atomic E-state index is 0.420. The zero-order valence-corrected chi connectivity index (χ0v) is 22.0. The van der Waals surface area contributed by atoms with E-state index in [4.69, 9.17) is 4.98 Å². The first-order valence-corrected chi connectivity index (χ1v) is 12.6. The van der Waals surface area contributed by atoms with Crippen LogP contribution in [-0.4, -0.2) is 53.3 Å². The number of rotatable bonds is 6. The van der Waals surface area contributed by atoms with Crippen LogP contribution in [0.2, 0.25) is 0 Å². The zero-order chi connectivity index (χ0) is 25.8. The minimum Gasteiger partial charge on any atom is -0.375 e. The number of aryl methyl sites for hydroxylation is 1. The maximum Gasteiger partial charge on any atom is 0.165 e. The number of piperidine rings is 1. The van der Waals surface area contributed by atoms with Gasteiger partial charge < -0.3 is 14.5 Å². The Balaban J connectivity index is 0.00000148. The Morgan fingerprint density at radius 1 is 1.17 bits per heavy atom. The van der Waals surface area contributed by atoms with Crippen molar-refractivity contribution in [2.45, 2.75) is 53.5 Å². The van der Waals surface area contributed by atoms with Gasteiger partial charge in [-0.25, -0.2) is 14.5 Å². The Bertz CT molecular complexity index is 1420. The Morgan fingerprint density at radius 2 is 1.92 bits per heavy atom. The van der Waals surface area contributed by atoms with Gasteiger partial charge in [-0.2, -0.15) is 5.10 Å². The molecule has 0 unspecified atom stereocenters. The van der Waals surface area contributed by atoms with Gasteiger partial charge in [-0.1, -0.05) is 33.1 Å². The van der Waals surface area contributed by atoms with E-state index in [1.807, 2.05) is 37.6 Å². The van der Waals surface area contributed by atoms with E-state index in [0.717, 1.165) is 71.0 Å². The van der Waals surface area contributed by atoms with Gasteiger partial charge in [0, 0.05) is 66.8 Å². The molecule has 0 saturated carbocycles. The molecule has 1 fully saturated rings. The lowest BCUT2D eigenvalue weighted by molar-refractivity contribution is 0.231. The summed E-state index contributed by atoms with van der Waals surface area (Å²) in [7, 11) is 0. The molecule has 0 radical (unpaired) electrons. The second kappa shape index (κ2) is 10.8. The van der Waals surface area contributed by atoms with Crippen LogP contribution in [0.15, 0.2) is 60.9 Å². The summed E-state index contributed by atoms with van der Waals surface area (Å²) in [6.07, 6.45) is 15.4. The van der Waals surface area contributed by atoms with Crippen molar-refractivity contribution >= 4 is 34.2 Å². The number of fused-ring (bicyclic) bond motifs is 2. The summed E-state index contributed by atoms with van der Waals surface area (Å²) in [6, 6.07) is 0.420. The summed E-state index contributed by atoms with van der Waals surface area (Å²) in [6.45, 7) is 20.5. The van der Waals surface area contributed by atoms with E-state index in [1.54, 1.807) is 18.6 Å². The van der Waals surface area contributed by atoms with Crippen LogP contribution in [0.4, 0.5) is 0 Å². The minimum absolute atomic E-state index is 0.420. The van der Waals surface area contributed by atoms with Crippen LogP contribution in [0.5, 0.6) is 0 Å². The van der Waals surface area contributed by atoms with Crippen molar-refractivity contribution in [3.05, 3.63) is 72.9 Å². The van der Waals surface area contributed by atoms with Gasteiger partial charge in [0.25, 0.3) is 0 Å². The standard InChI is InChI=1S/C26H30N8.C2H6/c1-6-23(24-27-9-10-28-24)29-13-18(4)21-14-30-34-16-22-19(5)15-33(25(22)31-26(21)34)20-7-11-32(12-8-20)17(2)3;1-2/h6,9-10,13-16,20H,2,4,7-8,11-12H2,1,3,5H3,(H,27,28);1-2H3/b23-6-,29-13?;. The first-order chi connectivity index (χ1) is 17.5. The largest absolute Gasteiger partial charge is 0.375 e. The fraction of sp³-hybridized carbons (Fsp3) is 0.357. The quantitative estimate of drug-likeness (QED) is 0.338. The maximum absolute atomic E-state index is 5.08. The number of nitrogens with one attached hydrogen (secondary N) is 1. The number of hydrogen-bond acceptors (Lipinski definition) is 5. The van der Waals surface area contributed by atoms with Crippen LogP contribution < -0.4 is 0 Å². The van der Waals surface area contributed by atoms with Gasteiger partial charge in [0.05, 0.1) is 6.20 Å². The first kappa shape index (κ1) is 25.2. The monoisotopic (exact) mass is 484 g/mol. The lowest BCUT2D eigenvalue weighted by Crippen LogP contribution is -2.33. The number of imidazole rings is 1. The molecule has 1 aliphatic rings. The van der Waals surface area contributed by atoms with E-state index >= 15 is 0 Å². The van der Waals surface area contributed by atoms with E-state index in [1.165, 1.54) is 5.56 Å². The van der Waals surface area contributed by atoms with Crippen LogP contribution in [0, 0.1) is 6.92 Å². The molecule has 4 aromatic rings. The summed E-state index contributed by atoms with van der Waals surface area (Å²) in [4.78, 5) is 19.4. The summed E-state index contributed by atoms with van der Waals surface area (Å²) < 4.78 is 4.18. The normalized spacial score (nSPS) is 15.0. The van der Waals surface area contributed by atoms with Gasteiger partial charge in [-0.15, -0.1) is 0 Å². The van der Waals surface area contributed by atoms with Crippen LogP contribution >= 0.6 is 0 Å². The van der Waals surface area contributed by atoms with Gasteiger partial charge in [0.1, 0.15) is 11.3 Å². The van der Waals surface area contributed by atoms with Crippen LogP contribution in [0.3, 0.4) is 0 Å². The fourth-order valence-corrected chi connectivity index (χ4v) is 4.64. The Labute approximate surface area is 212 Å². The molecule has 0 aromatic carbocycles. The van der Waals surface area contributed by atoms with Gasteiger partial charge in [0.2, 0.25) is 0 Å². The van der Waals surface area contributed by atoms with Crippen molar-refractivity contribution in [1.29, 1.82) is 0 Å². The van der Waals surface area contributed by atoms with Gasteiger partial charge >= 0.3 is 0 Å². The maximum atomic E-state index is 5.08. The number of hydrogen-bond donors (Lipinski definition) is 1. The molecular formula is C28H36N8. The molecule has 36 heavy (non-hydrogen) atoms. The summed E-state index contributed by atoms with van der Waals surface area (Å²) in [5.74, 6) is 0.720. The molecule has 0 aliphatic carbocycles. The number of H-pyrrole nitrogens is 1. The Morgan fingerprint density at radius 3 is 2.56 bits per heavy atom. The number of nitrogens with zero attached hydrogens (tertiary/aromatic N) is 7. The third-order valence-corrected chi connectivity index (χ3v) is 6.59. The molecule has 5 heterocycles. The van der Waals surface area contributed by atoms with E-state index in [0.29, 0.717) is 6.04 Å². The lowest BCUT2D eigenvalue weighted by Gasteiger charge is -2.34. The van der Waals surface area contributed by atoms with Gasteiger partial charge in [-0.05, 0) is 44.7 Å². The summed E-state index contributed by atoms with van der Waals surface area (Å²) in [5.41, 5.74) is 6.49. The summed E-state index contributed by atoms with van der Waals surface area (Å²) in [5, 5.41) is 5.68. The lowest BCUT2D eigenvalue weighted by atomic mass is 10.0. The summed E-state index contributed by atoms with van der Waals surface area (Å²) >= 11 is 0. The van der Waals surface area contributed by atoms with Crippen LogP contribution in [-0.2, 0) is 0 Å². The predicted octanol–water partition coefficient (Wildman–Crippen LogP) is 6.06. The number of aliphatic imine (C=N–C) groups is 1. The second-order valence-electron chi connectivity index (χ2n) is 8.87. The number of aromatic nitrogens is 6. The number of likely N-dealkylation sites (tertiary alicyclic amines) is 1. The molecule has 188 valence electrons. The molecule has 0 amide bonds. The number of aromatic amines is 1. The van der Waals surface area contributed by atoms with Crippen molar-refractivity contribution in [3.63, 3.8) is 0 Å². The molecule has 1 aliphatic heterocycles. The first-order valence-electron chi connectivity index (χ1n) is 12.6. The van der Waals surface area contributed by atoms with Crippen LogP contribution in [0.1, 0.15) is 63.5 Å². The molecule has 0 atom stereocenters. The average molecular weight is 485 g/mol. The number of allylic oxidation sites excluding steroid dienone is 3. The van der Waals surface area contributed by atoms with Crippen LogP contribution in [0.25, 0.3) is 28.0 Å². The predicted molar refractivity (Wildman–Crippen MR) is 149 cm³/mol. The molecular weight excluding hydrogens is 448 g/mol. The molecule has 0 bridgehead atoms.